The lowest BCUT2D eigenvalue weighted by Gasteiger charge is -2.13. The SMILES string of the molecule is NCCCc1ccccc1OCc1c(Cl)cccc1Cl. The van der Waals surface area contributed by atoms with Gasteiger partial charge in [-0.25, -0.2) is 0 Å². The molecule has 0 unspecified atom stereocenters. The Morgan fingerprint density at radius 1 is 0.950 bits per heavy atom. The quantitative estimate of drug-likeness (QED) is 0.854. The van der Waals surface area contributed by atoms with Crippen molar-refractivity contribution >= 4 is 23.2 Å². The minimum absolute atomic E-state index is 0.359. The van der Waals surface area contributed by atoms with Crippen LogP contribution in [0.25, 0.3) is 0 Å². The maximum absolute atomic E-state index is 6.14. The maximum atomic E-state index is 6.14. The average Bonchev–Trinajstić information content (AvgIpc) is 2.45. The first kappa shape index (κ1) is 15.2. The fraction of sp³-hybridized carbons (Fsp3) is 0.250. The number of hydrogen-bond acceptors (Lipinski definition) is 2. The summed E-state index contributed by atoms with van der Waals surface area (Å²) in [5.74, 6) is 0.858. The van der Waals surface area contributed by atoms with E-state index in [2.05, 4.69) is 6.07 Å². The van der Waals surface area contributed by atoms with E-state index in [0.717, 1.165) is 29.7 Å². The number of rotatable bonds is 6. The summed E-state index contributed by atoms with van der Waals surface area (Å²) in [6.45, 7) is 1.03. The lowest BCUT2D eigenvalue weighted by molar-refractivity contribution is 0.303. The average molecular weight is 310 g/mol. The zero-order chi connectivity index (χ0) is 14.4. The highest BCUT2D eigenvalue weighted by molar-refractivity contribution is 6.35. The first-order valence-corrected chi connectivity index (χ1v) is 7.31. The molecule has 0 saturated heterocycles. The molecule has 0 spiro atoms. The second kappa shape index (κ2) is 7.53. The smallest absolute Gasteiger partial charge is 0.123 e. The maximum Gasteiger partial charge on any atom is 0.123 e. The molecule has 0 bridgehead atoms. The van der Waals surface area contributed by atoms with Crippen molar-refractivity contribution in [3.8, 4) is 5.75 Å². The molecular weight excluding hydrogens is 293 g/mol. The Morgan fingerprint density at radius 2 is 1.65 bits per heavy atom. The van der Waals surface area contributed by atoms with Crippen LogP contribution in [0.1, 0.15) is 17.5 Å². The Hall–Kier alpha value is -1.22. The van der Waals surface area contributed by atoms with Crippen LogP contribution in [0.3, 0.4) is 0 Å². The molecule has 0 saturated carbocycles. The lowest BCUT2D eigenvalue weighted by atomic mass is 10.1. The van der Waals surface area contributed by atoms with E-state index in [1.165, 1.54) is 0 Å². The van der Waals surface area contributed by atoms with Crippen LogP contribution in [0, 0.1) is 0 Å². The molecule has 0 aliphatic heterocycles. The van der Waals surface area contributed by atoms with Gasteiger partial charge in [0.2, 0.25) is 0 Å². The number of para-hydroxylation sites is 1. The molecule has 2 rings (SSSR count). The number of hydrogen-bond donors (Lipinski definition) is 1. The van der Waals surface area contributed by atoms with E-state index in [1.807, 2.05) is 36.4 Å². The van der Waals surface area contributed by atoms with Crippen molar-refractivity contribution in [2.24, 2.45) is 5.73 Å². The molecule has 106 valence electrons. The topological polar surface area (TPSA) is 35.2 Å². The molecule has 2 aromatic carbocycles. The van der Waals surface area contributed by atoms with E-state index >= 15 is 0 Å². The van der Waals surface area contributed by atoms with Crippen LogP contribution in [0.5, 0.6) is 5.75 Å². The Morgan fingerprint density at radius 3 is 2.35 bits per heavy atom. The van der Waals surface area contributed by atoms with E-state index in [4.69, 9.17) is 33.7 Å². The normalized spacial score (nSPS) is 10.6. The fourth-order valence-corrected chi connectivity index (χ4v) is 2.47. The number of benzene rings is 2. The molecule has 20 heavy (non-hydrogen) atoms. The largest absolute Gasteiger partial charge is 0.489 e. The minimum Gasteiger partial charge on any atom is -0.489 e. The molecule has 0 heterocycles. The molecule has 0 aliphatic rings. The predicted molar refractivity (Wildman–Crippen MR) is 84.6 cm³/mol. The molecule has 0 fully saturated rings. The summed E-state index contributed by atoms with van der Waals surface area (Å²) in [6.07, 6.45) is 1.84. The summed E-state index contributed by atoms with van der Waals surface area (Å²) in [4.78, 5) is 0. The van der Waals surface area contributed by atoms with Gasteiger partial charge in [0.25, 0.3) is 0 Å². The van der Waals surface area contributed by atoms with Gasteiger partial charge >= 0.3 is 0 Å². The molecule has 4 heteroatoms. The fourth-order valence-electron chi connectivity index (χ4n) is 1.96. The number of ether oxygens (including phenoxy) is 1. The standard InChI is InChI=1S/C16H17Cl2NO/c17-14-7-3-8-15(18)13(14)11-20-16-9-2-1-5-12(16)6-4-10-19/h1-3,5,7-9H,4,6,10-11,19H2. The zero-order valence-corrected chi connectivity index (χ0v) is 12.6. The van der Waals surface area contributed by atoms with Crippen molar-refractivity contribution in [2.45, 2.75) is 19.4 Å². The number of halogens is 2. The summed E-state index contributed by atoms with van der Waals surface area (Å²) < 4.78 is 5.87. The van der Waals surface area contributed by atoms with Gasteiger partial charge in [-0.05, 0) is 43.1 Å². The lowest BCUT2D eigenvalue weighted by Crippen LogP contribution is -2.03. The molecule has 0 radical (unpaired) electrons. The molecule has 2 aromatic rings. The van der Waals surface area contributed by atoms with Crippen molar-refractivity contribution in [3.05, 3.63) is 63.6 Å². The van der Waals surface area contributed by atoms with Gasteiger partial charge in [-0.2, -0.15) is 0 Å². The highest BCUT2D eigenvalue weighted by Gasteiger charge is 2.08. The Kier molecular flexibility index (Phi) is 5.72. The van der Waals surface area contributed by atoms with Gasteiger partial charge in [-0.1, -0.05) is 47.5 Å². The zero-order valence-electron chi connectivity index (χ0n) is 11.1. The highest BCUT2D eigenvalue weighted by Crippen LogP contribution is 2.27. The van der Waals surface area contributed by atoms with Gasteiger partial charge in [-0.15, -0.1) is 0 Å². The molecule has 2 N–H and O–H groups in total. The van der Waals surface area contributed by atoms with Crippen LogP contribution in [0.2, 0.25) is 10.0 Å². The second-order valence-electron chi connectivity index (χ2n) is 4.49. The van der Waals surface area contributed by atoms with Gasteiger partial charge in [0.1, 0.15) is 12.4 Å². The first-order valence-electron chi connectivity index (χ1n) is 6.56. The van der Waals surface area contributed by atoms with Gasteiger partial charge < -0.3 is 10.5 Å². The van der Waals surface area contributed by atoms with E-state index in [-0.39, 0.29) is 0 Å². The van der Waals surface area contributed by atoms with E-state index in [0.29, 0.717) is 23.2 Å². The van der Waals surface area contributed by atoms with E-state index < -0.39 is 0 Å². The summed E-state index contributed by atoms with van der Waals surface area (Å²) in [5.41, 5.74) is 7.52. The molecule has 0 atom stereocenters. The predicted octanol–water partition coefficient (Wildman–Crippen LogP) is 4.46. The van der Waals surface area contributed by atoms with Crippen LogP contribution in [0.4, 0.5) is 0 Å². The third-order valence-electron chi connectivity index (χ3n) is 3.06. The minimum atomic E-state index is 0.359. The third-order valence-corrected chi connectivity index (χ3v) is 3.76. The molecule has 0 aromatic heterocycles. The van der Waals surface area contributed by atoms with Gasteiger partial charge in [-0.3, -0.25) is 0 Å². The summed E-state index contributed by atoms with van der Waals surface area (Å²) in [6, 6.07) is 13.4. The van der Waals surface area contributed by atoms with Crippen molar-refractivity contribution in [2.75, 3.05) is 6.54 Å². The van der Waals surface area contributed by atoms with E-state index in [9.17, 15) is 0 Å². The van der Waals surface area contributed by atoms with Crippen LogP contribution >= 0.6 is 23.2 Å². The monoisotopic (exact) mass is 309 g/mol. The summed E-state index contributed by atoms with van der Waals surface area (Å²) >= 11 is 12.3. The van der Waals surface area contributed by atoms with Crippen molar-refractivity contribution < 1.29 is 4.74 Å². The van der Waals surface area contributed by atoms with Crippen LogP contribution in [-0.4, -0.2) is 6.54 Å². The molecule has 0 aliphatic carbocycles. The Bertz CT molecular complexity index is 552. The van der Waals surface area contributed by atoms with Crippen LogP contribution in [-0.2, 0) is 13.0 Å². The summed E-state index contributed by atoms with van der Waals surface area (Å²) in [5, 5.41) is 1.24. The Labute approximate surface area is 129 Å². The Balaban J connectivity index is 2.11. The van der Waals surface area contributed by atoms with Gasteiger partial charge in [0.15, 0.2) is 0 Å². The first-order chi connectivity index (χ1) is 9.72. The van der Waals surface area contributed by atoms with Crippen LogP contribution < -0.4 is 10.5 Å². The number of aryl methyl sites for hydroxylation is 1. The highest BCUT2D eigenvalue weighted by atomic mass is 35.5. The van der Waals surface area contributed by atoms with Crippen molar-refractivity contribution in [1.82, 2.24) is 0 Å². The second-order valence-corrected chi connectivity index (χ2v) is 5.30. The summed E-state index contributed by atoms with van der Waals surface area (Å²) in [7, 11) is 0. The van der Waals surface area contributed by atoms with Gasteiger partial charge in [0.05, 0.1) is 0 Å². The van der Waals surface area contributed by atoms with Crippen molar-refractivity contribution in [3.63, 3.8) is 0 Å². The molecule has 2 nitrogen and oxygen atoms in total. The number of nitrogens with two attached hydrogens (primary N) is 1. The van der Waals surface area contributed by atoms with E-state index in [1.54, 1.807) is 0 Å². The molecular formula is C16H17Cl2NO. The molecule has 0 amide bonds. The van der Waals surface area contributed by atoms with Crippen molar-refractivity contribution in [1.29, 1.82) is 0 Å². The van der Waals surface area contributed by atoms with Crippen LogP contribution in [0.15, 0.2) is 42.5 Å². The van der Waals surface area contributed by atoms with Gasteiger partial charge in [0, 0.05) is 15.6 Å². The third kappa shape index (κ3) is 3.89.